The topological polar surface area (TPSA) is 29.3 Å². The van der Waals surface area contributed by atoms with Gasteiger partial charge >= 0.3 is 6.01 Å². The van der Waals surface area contributed by atoms with Crippen LogP contribution in [0.4, 0.5) is 4.39 Å². The lowest BCUT2D eigenvalue weighted by Gasteiger charge is -2.27. The Bertz CT molecular complexity index is 951. The van der Waals surface area contributed by atoms with E-state index in [1.54, 1.807) is 0 Å². The Morgan fingerprint density at radius 2 is 1.69 bits per heavy atom. The van der Waals surface area contributed by atoms with Gasteiger partial charge in [-0.2, -0.15) is 4.39 Å². The fraction of sp³-hybridized carbons (Fsp3) is 0.400. The van der Waals surface area contributed by atoms with Crippen molar-refractivity contribution in [3.05, 3.63) is 76.3 Å². The van der Waals surface area contributed by atoms with Gasteiger partial charge < -0.3 is 4.52 Å². The van der Waals surface area contributed by atoms with Crippen LogP contribution in [0.5, 0.6) is 0 Å². The van der Waals surface area contributed by atoms with E-state index < -0.39 is 6.01 Å². The molecular weight excluding hydrogens is 363 g/mol. The molecule has 1 unspecified atom stereocenters. The van der Waals surface area contributed by atoms with Crippen molar-refractivity contribution < 1.29 is 8.91 Å². The molecule has 1 saturated heterocycles. The fourth-order valence-corrected chi connectivity index (χ4v) is 4.81. The molecule has 152 valence electrons. The first-order chi connectivity index (χ1) is 14.0. The first-order valence-corrected chi connectivity index (χ1v) is 10.6. The second-order valence-corrected chi connectivity index (χ2v) is 8.28. The highest BCUT2D eigenvalue weighted by molar-refractivity contribution is 5.71. The lowest BCUT2D eigenvalue weighted by molar-refractivity contribution is 0.214. The Morgan fingerprint density at radius 1 is 1.03 bits per heavy atom. The second kappa shape index (κ2) is 8.50. The maximum absolute atomic E-state index is 15.0. The van der Waals surface area contributed by atoms with Crippen LogP contribution in [0.1, 0.15) is 53.1 Å². The van der Waals surface area contributed by atoms with Gasteiger partial charge in [-0.3, -0.25) is 4.90 Å². The van der Waals surface area contributed by atoms with E-state index >= 15 is 4.39 Å². The quantitative estimate of drug-likeness (QED) is 0.502. The molecule has 0 amide bonds. The van der Waals surface area contributed by atoms with Crippen molar-refractivity contribution in [2.75, 3.05) is 13.1 Å². The molecule has 1 aliphatic heterocycles. The first kappa shape index (κ1) is 19.8. The minimum Gasteiger partial charge on any atom is -0.325 e. The van der Waals surface area contributed by atoms with Crippen LogP contribution in [0.2, 0.25) is 0 Å². The molecule has 0 spiro atoms. The summed E-state index contributed by atoms with van der Waals surface area (Å²) >= 11 is 0. The number of likely N-dealkylation sites (tertiary alicyclic amines) is 1. The number of benzene rings is 2. The number of halogens is 1. The van der Waals surface area contributed by atoms with Crippen molar-refractivity contribution in [3.8, 4) is 11.3 Å². The van der Waals surface area contributed by atoms with Crippen molar-refractivity contribution in [2.45, 2.75) is 52.5 Å². The Hall–Kier alpha value is -2.46. The molecule has 29 heavy (non-hydrogen) atoms. The van der Waals surface area contributed by atoms with Crippen molar-refractivity contribution in [3.63, 3.8) is 0 Å². The van der Waals surface area contributed by atoms with Crippen LogP contribution in [0.25, 0.3) is 11.3 Å². The highest BCUT2D eigenvalue weighted by Crippen LogP contribution is 2.39. The summed E-state index contributed by atoms with van der Waals surface area (Å²) in [6.07, 6.45) is 4.07. The van der Waals surface area contributed by atoms with E-state index in [1.807, 2.05) is 6.07 Å². The summed E-state index contributed by atoms with van der Waals surface area (Å²) in [5.41, 5.74) is 7.00. The molecule has 0 aliphatic carbocycles. The lowest BCUT2D eigenvalue weighted by atomic mass is 9.91. The van der Waals surface area contributed by atoms with Gasteiger partial charge in [0.05, 0.1) is 5.56 Å². The Kier molecular flexibility index (Phi) is 5.81. The summed E-state index contributed by atoms with van der Waals surface area (Å²) in [7, 11) is 0. The predicted molar refractivity (Wildman–Crippen MR) is 114 cm³/mol. The maximum atomic E-state index is 15.0. The summed E-state index contributed by atoms with van der Waals surface area (Å²) in [6.45, 7) is 8.22. The number of hydrogen-bond acceptors (Lipinski definition) is 3. The molecule has 2 aromatic carbocycles. The van der Waals surface area contributed by atoms with E-state index in [2.05, 4.69) is 67.2 Å². The molecule has 1 fully saturated rings. The van der Waals surface area contributed by atoms with Gasteiger partial charge in [0.2, 0.25) is 0 Å². The van der Waals surface area contributed by atoms with E-state index in [4.69, 9.17) is 4.52 Å². The molecule has 4 rings (SSSR count). The molecule has 0 saturated carbocycles. The highest BCUT2D eigenvalue weighted by atomic mass is 19.1. The van der Waals surface area contributed by atoms with Crippen LogP contribution in [-0.4, -0.2) is 23.1 Å². The van der Waals surface area contributed by atoms with Gasteiger partial charge in [-0.25, -0.2) is 0 Å². The number of aryl methyl sites for hydroxylation is 4. The SMILES string of the molecule is Cc1cc(C)c(-c2noc(F)c2C(CCc2ccccc2)N2CCCC2)c(C)c1. The second-order valence-electron chi connectivity index (χ2n) is 8.28. The molecule has 1 aliphatic rings. The van der Waals surface area contributed by atoms with Crippen LogP contribution in [0.15, 0.2) is 47.0 Å². The molecule has 4 heteroatoms. The maximum Gasteiger partial charge on any atom is 0.311 e. The number of hydrogen-bond donors (Lipinski definition) is 0. The van der Waals surface area contributed by atoms with E-state index in [9.17, 15) is 0 Å². The summed E-state index contributed by atoms with van der Waals surface area (Å²) in [6, 6.07) is 14.1. The zero-order valence-corrected chi connectivity index (χ0v) is 17.5. The van der Waals surface area contributed by atoms with Crippen LogP contribution in [0, 0.1) is 26.8 Å². The normalized spacial score (nSPS) is 15.7. The monoisotopic (exact) mass is 392 g/mol. The van der Waals surface area contributed by atoms with E-state index in [1.165, 1.54) is 11.1 Å². The number of aromatic nitrogens is 1. The fourth-order valence-electron chi connectivity index (χ4n) is 4.81. The van der Waals surface area contributed by atoms with Gasteiger partial charge in [0.25, 0.3) is 0 Å². The number of nitrogens with zero attached hydrogens (tertiary/aromatic N) is 2. The van der Waals surface area contributed by atoms with Crippen LogP contribution >= 0.6 is 0 Å². The van der Waals surface area contributed by atoms with Crippen LogP contribution < -0.4 is 0 Å². The zero-order valence-electron chi connectivity index (χ0n) is 17.5. The molecule has 2 heterocycles. The molecule has 1 aromatic heterocycles. The van der Waals surface area contributed by atoms with Crippen molar-refractivity contribution in [1.29, 1.82) is 0 Å². The van der Waals surface area contributed by atoms with Gasteiger partial charge in [-0.05, 0) is 76.2 Å². The molecule has 0 N–H and O–H groups in total. The summed E-state index contributed by atoms with van der Waals surface area (Å²) in [5, 5.41) is 4.21. The van der Waals surface area contributed by atoms with Crippen molar-refractivity contribution in [1.82, 2.24) is 10.1 Å². The summed E-state index contributed by atoms with van der Waals surface area (Å²) < 4.78 is 20.2. The summed E-state index contributed by atoms with van der Waals surface area (Å²) in [5.74, 6) is 0. The molecular formula is C25H29FN2O. The third kappa shape index (κ3) is 4.13. The average molecular weight is 393 g/mol. The minimum atomic E-state index is -0.538. The van der Waals surface area contributed by atoms with Crippen molar-refractivity contribution >= 4 is 0 Å². The van der Waals surface area contributed by atoms with Gasteiger partial charge in [-0.1, -0.05) is 53.2 Å². The molecule has 0 bridgehead atoms. The Labute approximate surface area is 172 Å². The first-order valence-electron chi connectivity index (χ1n) is 10.6. The van der Waals surface area contributed by atoms with E-state index in [0.717, 1.165) is 55.5 Å². The van der Waals surface area contributed by atoms with Gasteiger partial charge in [0, 0.05) is 11.6 Å². The lowest BCUT2D eigenvalue weighted by Crippen LogP contribution is -2.27. The Morgan fingerprint density at radius 3 is 2.34 bits per heavy atom. The van der Waals surface area contributed by atoms with E-state index in [0.29, 0.717) is 11.3 Å². The predicted octanol–water partition coefficient (Wildman–Crippen LogP) is 6.18. The van der Waals surface area contributed by atoms with Crippen LogP contribution in [0.3, 0.4) is 0 Å². The van der Waals surface area contributed by atoms with Gasteiger partial charge in [0.15, 0.2) is 0 Å². The van der Waals surface area contributed by atoms with Gasteiger partial charge in [0.1, 0.15) is 5.69 Å². The van der Waals surface area contributed by atoms with E-state index in [-0.39, 0.29) is 6.04 Å². The molecule has 0 radical (unpaired) electrons. The average Bonchev–Trinajstić information content (AvgIpc) is 3.34. The molecule has 3 aromatic rings. The molecule has 1 atom stereocenters. The largest absolute Gasteiger partial charge is 0.325 e. The highest BCUT2D eigenvalue weighted by Gasteiger charge is 2.32. The number of rotatable bonds is 6. The van der Waals surface area contributed by atoms with Crippen LogP contribution in [-0.2, 0) is 6.42 Å². The standard InChI is InChI=1S/C25H29FN2O/c1-17-15-18(2)22(19(3)16-17)24-23(25(26)29-27-24)21(28-13-7-8-14-28)12-11-20-9-5-4-6-10-20/h4-6,9-10,15-16,21H,7-8,11-14H2,1-3H3. The third-order valence-electron chi connectivity index (χ3n) is 6.06. The summed E-state index contributed by atoms with van der Waals surface area (Å²) in [4.78, 5) is 2.40. The minimum absolute atomic E-state index is 0.0286. The molecule has 3 nitrogen and oxygen atoms in total. The van der Waals surface area contributed by atoms with Crippen molar-refractivity contribution in [2.24, 2.45) is 0 Å². The third-order valence-corrected chi connectivity index (χ3v) is 6.06. The Balaban J connectivity index is 1.74. The smallest absolute Gasteiger partial charge is 0.311 e. The zero-order chi connectivity index (χ0) is 20.4. The van der Waals surface area contributed by atoms with Gasteiger partial charge in [-0.15, -0.1) is 0 Å².